The van der Waals surface area contributed by atoms with E-state index in [1.165, 1.54) is 25.7 Å². The van der Waals surface area contributed by atoms with E-state index in [1.807, 2.05) is 0 Å². The Morgan fingerprint density at radius 3 is 2.50 bits per heavy atom. The Labute approximate surface area is 116 Å². The van der Waals surface area contributed by atoms with Gasteiger partial charge in [-0.1, -0.05) is 23.2 Å². The molecule has 0 spiro atoms. The molecule has 1 heterocycles. The Morgan fingerprint density at radius 2 is 1.94 bits per heavy atom. The molecule has 1 aromatic rings. The summed E-state index contributed by atoms with van der Waals surface area (Å²) in [6.45, 7) is 0.941. The van der Waals surface area contributed by atoms with E-state index < -0.39 is 0 Å². The fourth-order valence-corrected chi connectivity index (χ4v) is 3.02. The molecule has 0 amide bonds. The monoisotopic (exact) mass is 286 g/mol. The molecule has 18 heavy (non-hydrogen) atoms. The highest BCUT2D eigenvalue weighted by Crippen LogP contribution is 2.61. The molecule has 1 aromatic heterocycles. The van der Waals surface area contributed by atoms with Gasteiger partial charge in [-0.25, -0.2) is 10.8 Å². The first-order valence-corrected chi connectivity index (χ1v) is 6.97. The molecule has 2 fully saturated rings. The van der Waals surface area contributed by atoms with Crippen molar-refractivity contribution in [3.8, 4) is 0 Å². The van der Waals surface area contributed by atoms with Gasteiger partial charge in [0.05, 0.1) is 10.0 Å². The minimum absolute atomic E-state index is 0.427. The number of nitrogens with two attached hydrogens (primary N) is 1. The third kappa shape index (κ3) is 2.25. The minimum atomic E-state index is 0.427. The summed E-state index contributed by atoms with van der Waals surface area (Å²) in [7, 11) is 0. The van der Waals surface area contributed by atoms with Crippen molar-refractivity contribution in [3.05, 3.63) is 16.1 Å². The molecule has 3 rings (SSSR count). The number of nitrogens with zero attached hydrogens (tertiary/aromatic N) is 1. The van der Waals surface area contributed by atoms with Crippen LogP contribution >= 0.6 is 23.2 Å². The van der Waals surface area contributed by atoms with E-state index in [4.69, 9.17) is 29.0 Å². The molecule has 4 N–H and O–H groups in total. The van der Waals surface area contributed by atoms with E-state index in [-0.39, 0.29) is 0 Å². The number of rotatable bonds is 5. The number of anilines is 2. The predicted molar refractivity (Wildman–Crippen MR) is 74.9 cm³/mol. The molecule has 6 heteroatoms. The van der Waals surface area contributed by atoms with Crippen molar-refractivity contribution < 1.29 is 0 Å². The van der Waals surface area contributed by atoms with E-state index in [2.05, 4.69) is 15.7 Å². The lowest BCUT2D eigenvalue weighted by Crippen LogP contribution is -2.19. The maximum absolute atomic E-state index is 6.12. The van der Waals surface area contributed by atoms with Crippen molar-refractivity contribution >= 4 is 34.8 Å². The second-order valence-corrected chi connectivity index (χ2v) is 6.10. The summed E-state index contributed by atoms with van der Waals surface area (Å²) in [5.41, 5.74) is 2.97. The summed E-state index contributed by atoms with van der Waals surface area (Å²) < 4.78 is 0. The predicted octanol–water partition coefficient (Wildman–Crippen LogP) is 3.28. The number of hydrazine groups is 1. The molecule has 0 aromatic carbocycles. The standard InChI is InChI=1S/C12H16Cl2N4/c13-8-5-9(14)11(18-15)17-10(8)16-6-12(3-4-12)7-1-2-7/h5,7H,1-4,6,15H2,(H2,16,17,18). The normalized spacial score (nSPS) is 20.6. The van der Waals surface area contributed by atoms with Gasteiger partial charge < -0.3 is 10.7 Å². The van der Waals surface area contributed by atoms with Gasteiger partial charge in [0, 0.05) is 6.54 Å². The van der Waals surface area contributed by atoms with Crippen molar-refractivity contribution in [1.82, 2.24) is 4.98 Å². The lowest BCUT2D eigenvalue weighted by molar-refractivity contribution is 0.466. The van der Waals surface area contributed by atoms with Crippen LogP contribution in [0.15, 0.2) is 6.07 Å². The van der Waals surface area contributed by atoms with E-state index in [9.17, 15) is 0 Å². The molecule has 0 saturated heterocycles. The fourth-order valence-electron chi connectivity index (χ4n) is 2.54. The Kier molecular flexibility index (Phi) is 3.04. The summed E-state index contributed by atoms with van der Waals surface area (Å²) >= 11 is 12.1. The maximum Gasteiger partial charge on any atom is 0.161 e. The second-order valence-electron chi connectivity index (χ2n) is 5.28. The molecule has 98 valence electrons. The quantitative estimate of drug-likeness (QED) is 0.574. The Morgan fingerprint density at radius 1 is 1.28 bits per heavy atom. The fraction of sp³-hybridized carbons (Fsp3) is 0.583. The zero-order valence-corrected chi connectivity index (χ0v) is 11.5. The van der Waals surface area contributed by atoms with E-state index in [1.54, 1.807) is 6.07 Å². The van der Waals surface area contributed by atoms with Crippen LogP contribution in [0.1, 0.15) is 25.7 Å². The van der Waals surface area contributed by atoms with Gasteiger partial charge in [-0.15, -0.1) is 0 Å². The molecule has 0 aliphatic heterocycles. The average molecular weight is 287 g/mol. The number of nitrogens with one attached hydrogen (secondary N) is 2. The number of hydrogen-bond acceptors (Lipinski definition) is 4. The van der Waals surface area contributed by atoms with Crippen molar-refractivity contribution in [2.45, 2.75) is 25.7 Å². The molecule has 0 bridgehead atoms. The topological polar surface area (TPSA) is 63.0 Å². The lowest BCUT2D eigenvalue weighted by atomic mass is 10.0. The average Bonchev–Trinajstić information content (AvgIpc) is 3.20. The number of nitrogen functional groups attached to an aromatic ring is 1. The van der Waals surface area contributed by atoms with Crippen LogP contribution in [0.4, 0.5) is 11.6 Å². The largest absolute Gasteiger partial charge is 0.368 e. The Bertz CT molecular complexity index is 469. The van der Waals surface area contributed by atoms with Gasteiger partial charge in [0.2, 0.25) is 0 Å². The van der Waals surface area contributed by atoms with Gasteiger partial charge in [-0.2, -0.15) is 0 Å². The van der Waals surface area contributed by atoms with Crippen molar-refractivity contribution in [2.75, 3.05) is 17.3 Å². The molecular formula is C12H16Cl2N4. The van der Waals surface area contributed by atoms with Crippen LogP contribution in [0, 0.1) is 11.3 Å². The van der Waals surface area contributed by atoms with Gasteiger partial charge >= 0.3 is 0 Å². The summed E-state index contributed by atoms with van der Waals surface area (Å²) in [5.74, 6) is 7.36. The van der Waals surface area contributed by atoms with Crippen molar-refractivity contribution in [1.29, 1.82) is 0 Å². The Balaban J connectivity index is 1.72. The van der Waals surface area contributed by atoms with Crippen LogP contribution in [-0.2, 0) is 0 Å². The highest BCUT2D eigenvalue weighted by atomic mass is 35.5. The smallest absolute Gasteiger partial charge is 0.161 e. The highest BCUT2D eigenvalue weighted by molar-refractivity contribution is 6.37. The zero-order chi connectivity index (χ0) is 12.8. The zero-order valence-electron chi connectivity index (χ0n) is 9.97. The summed E-state index contributed by atoms with van der Waals surface area (Å²) in [6.07, 6.45) is 5.38. The molecular weight excluding hydrogens is 271 g/mol. The van der Waals surface area contributed by atoms with E-state index in [0.717, 1.165) is 12.5 Å². The Hall–Kier alpha value is -0.710. The van der Waals surface area contributed by atoms with Crippen LogP contribution < -0.4 is 16.6 Å². The number of pyridine rings is 1. The van der Waals surface area contributed by atoms with Crippen LogP contribution in [0.3, 0.4) is 0 Å². The third-order valence-electron chi connectivity index (χ3n) is 4.01. The van der Waals surface area contributed by atoms with Gasteiger partial charge in [-0.05, 0) is 43.1 Å². The third-order valence-corrected chi connectivity index (χ3v) is 4.59. The SMILES string of the molecule is NNc1nc(NCC2(C3CC3)CC2)c(Cl)cc1Cl. The van der Waals surface area contributed by atoms with Crippen molar-refractivity contribution in [3.63, 3.8) is 0 Å². The minimum Gasteiger partial charge on any atom is -0.368 e. The molecule has 4 nitrogen and oxygen atoms in total. The van der Waals surface area contributed by atoms with Gasteiger partial charge in [0.15, 0.2) is 5.82 Å². The van der Waals surface area contributed by atoms with Crippen LogP contribution in [0.5, 0.6) is 0 Å². The molecule has 0 unspecified atom stereocenters. The highest BCUT2D eigenvalue weighted by Gasteiger charge is 2.53. The molecule has 2 saturated carbocycles. The molecule has 0 atom stereocenters. The van der Waals surface area contributed by atoms with Crippen LogP contribution in [0.2, 0.25) is 10.0 Å². The van der Waals surface area contributed by atoms with Crippen molar-refractivity contribution in [2.24, 2.45) is 17.2 Å². The van der Waals surface area contributed by atoms with Gasteiger partial charge in [-0.3, -0.25) is 0 Å². The second kappa shape index (κ2) is 4.44. The maximum atomic E-state index is 6.12. The summed E-state index contributed by atoms with van der Waals surface area (Å²) in [6, 6.07) is 1.66. The number of hydrogen-bond donors (Lipinski definition) is 3. The van der Waals surface area contributed by atoms with Crippen LogP contribution in [-0.4, -0.2) is 11.5 Å². The first-order chi connectivity index (χ1) is 8.64. The first-order valence-electron chi connectivity index (χ1n) is 6.21. The van der Waals surface area contributed by atoms with E-state index in [0.29, 0.717) is 27.1 Å². The summed E-state index contributed by atoms with van der Waals surface area (Å²) in [4.78, 5) is 4.29. The lowest BCUT2D eigenvalue weighted by Gasteiger charge is -2.17. The summed E-state index contributed by atoms with van der Waals surface area (Å²) in [5, 5.41) is 4.30. The van der Waals surface area contributed by atoms with E-state index >= 15 is 0 Å². The first kappa shape index (κ1) is 12.3. The number of aromatic nitrogens is 1. The van der Waals surface area contributed by atoms with Gasteiger partial charge in [0.1, 0.15) is 5.82 Å². The van der Waals surface area contributed by atoms with Gasteiger partial charge in [0.25, 0.3) is 0 Å². The molecule has 2 aliphatic carbocycles. The van der Waals surface area contributed by atoms with Crippen LogP contribution in [0.25, 0.3) is 0 Å². The molecule has 2 aliphatic rings. The number of halogens is 2. The molecule has 0 radical (unpaired) electrons.